The molecule has 0 unspecified atom stereocenters. The predicted molar refractivity (Wildman–Crippen MR) is 117 cm³/mol. The number of benzene rings is 1. The van der Waals surface area contributed by atoms with E-state index in [1.807, 2.05) is 19.1 Å². The van der Waals surface area contributed by atoms with Gasteiger partial charge in [0.1, 0.15) is 5.00 Å². The predicted octanol–water partition coefficient (Wildman–Crippen LogP) is 4.01. The van der Waals surface area contributed by atoms with Crippen molar-refractivity contribution < 1.29 is 18.7 Å². The van der Waals surface area contributed by atoms with Crippen molar-refractivity contribution in [1.82, 2.24) is 4.90 Å². The van der Waals surface area contributed by atoms with E-state index < -0.39 is 11.8 Å². The molecule has 3 N–H and O–H groups in total. The molecule has 0 atom stereocenters. The van der Waals surface area contributed by atoms with Crippen LogP contribution < -0.4 is 15.8 Å². The van der Waals surface area contributed by atoms with E-state index in [4.69, 9.17) is 14.9 Å². The van der Waals surface area contributed by atoms with Gasteiger partial charge in [-0.3, -0.25) is 14.5 Å². The Kier molecular flexibility index (Phi) is 5.78. The molecule has 0 bridgehead atoms. The summed E-state index contributed by atoms with van der Waals surface area (Å²) in [7, 11) is 0. The Balaban J connectivity index is 1.63. The molecule has 0 aliphatic carbocycles. The molecule has 1 aliphatic heterocycles. The molecule has 8 heteroatoms. The van der Waals surface area contributed by atoms with Gasteiger partial charge in [-0.05, 0) is 44.0 Å². The van der Waals surface area contributed by atoms with Crippen molar-refractivity contribution >= 4 is 39.1 Å². The first-order valence-electron chi connectivity index (χ1n) is 10.1. The lowest BCUT2D eigenvalue weighted by Gasteiger charge is -2.26. The Morgan fingerprint density at radius 3 is 2.90 bits per heavy atom. The normalized spacial score (nSPS) is 13.9. The van der Waals surface area contributed by atoms with E-state index in [9.17, 15) is 9.59 Å². The molecule has 7 nitrogen and oxygen atoms in total. The van der Waals surface area contributed by atoms with E-state index >= 15 is 0 Å². The van der Waals surface area contributed by atoms with Crippen molar-refractivity contribution in [2.75, 3.05) is 25.0 Å². The van der Waals surface area contributed by atoms with Gasteiger partial charge in [0.15, 0.2) is 17.1 Å². The number of primary amides is 1. The molecule has 2 aromatic heterocycles. The summed E-state index contributed by atoms with van der Waals surface area (Å²) < 4.78 is 11.4. The Bertz CT molecular complexity index is 1100. The van der Waals surface area contributed by atoms with Crippen molar-refractivity contribution in [3.05, 3.63) is 46.0 Å². The summed E-state index contributed by atoms with van der Waals surface area (Å²) in [5.74, 6) is -0.184. The summed E-state index contributed by atoms with van der Waals surface area (Å²) in [6.07, 6.45) is 1.82. The van der Waals surface area contributed by atoms with E-state index in [0.717, 1.165) is 48.3 Å². The van der Waals surface area contributed by atoms with Crippen LogP contribution in [0.15, 0.2) is 28.7 Å². The number of carbonyl (C=O) groups is 2. The van der Waals surface area contributed by atoms with Gasteiger partial charge in [0.2, 0.25) is 0 Å². The zero-order valence-corrected chi connectivity index (χ0v) is 17.9. The van der Waals surface area contributed by atoms with Crippen LogP contribution in [0, 0.1) is 0 Å². The highest BCUT2D eigenvalue weighted by atomic mass is 32.1. The topological polar surface area (TPSA) is 97.8 Å². The number of fused-ring (bicyclic) bond motifs is 2. The number of furan rings is 1. The fourth-order valence-corrected chi connectivity index (χ4v) is 5.18. The Morgan fingerprint density at radius 1 is 1.33 bits per heavy atom. The van der Waals surface area contributed by atoms with Crippen molar-refractivity contribution in [2.45, 2.75) is 33.2 Å². The Morgan fingerprint density at radius 2 is 2.17 bits per heavy atom. The van der Waals surface area contributed by atoms with Crippen LogP contribution in [0.25, 0.3) is 11.0 Å². The van der Waals surface area contributed by atoms with Gasteiger partial charge in [0.05, 0.1) is 12.2 Å². The van der Waals surface area contributed by atoms with E-state index in [1.54, 1.807) is 12.1 Å². The summed E-state index contributed by atoms with van der Waals surface area (Å²) in [5, 5.41) is 4.12. The molecule has 0 spiro atoms. The van der Waals surface area contributed by atoms with Gasteiger partial charge in [0, 0.05) is 23.4 Å². The molecule has 0 saturated carbocycles. The first-order chi connectivity index (χ1) is 14.5. The number of nitrogens with one attached hydrogen (secondary N) is 1. The zero-order chi connectivity index (χ0) is 21.3. The number of ether oxygens (including phenoxy) is 1. The van der Waals surface area contributed by atoms with Crippen LogP contribution in [-0.2, 0) is 13.0 Å². The third-order valence-electron chi connectivity index (χ3n) is 5.18. The zero-order valence-electron chi connectivity index (χ0n) is 17.1. The van der Waals surface area contributed by atoms with Gasteiger partial charge in [-0.15, -0.1) is 11.3 Å². The second kappa shape index (κ2) is 8.49. The summed E-state index contributed by atoms with van der Waals surface area (Å²) in [4.78, 5) is 28.5. The second-order valence-electron chi connectivity index (χ2n) is 7.27. The number of rotatable bonds is 7. The molecule has 3 heterocycles. The van der Waals surface area contributed by atoms with Gasteiger partial charge in [-0.2, -0.15) is 0 Å². The lowest BCUT2D eigenvalue weighted by atomic mass is 10.0. The molecule has 30 heavy (non-hydrogen) atoms. The lowest BCUT2D eigenvalue weighted by Crippen LogP contribution is -2.31. The number of para-hydroxylation sites is 1. The van der Waals surface area contributed by atoms with Crippen LogP contribution in [0.4, 0.5) is 5.00 Å². The molecule has 158 valence electrons. The Labute approximate surface area is 178 Å². The summed E-state index contributed by atoms with van der Waals surface area (Å²) in [5.41, 5.74) is 7.57. The summed E-state index contributed by atoms with van der Waals surface area (Å²) in [6, 6.07) is 7.19. The lowest BCUT2D eigenvalue weighted by molar-refractivity contribution is 0.0998. The van der Waals surface area contributed by atoms with Gasteiger partial charge in [0.25, 0.3) is 11.8 Å². The first kappa shape index (κ1) is 20.4. The number of nitrogens with two attached hydrogens (primary N) is 1. The monoisotopic (exact) mass is 427 g/mol. The van der Waals surface area contributed by atoms with E-state index in [2.05, 4.69) is 17.1 Å². The smallest absolute Gasteiger partial charge is 0.292 e. The van der Waals surface area contributed by atoms with Crippen molar-refractivity contribution in [2.24, 2.45) is 5.73 Å². The molecule has 0 saturated heterocycles. The summed E-state index contributed by atoms with van der Waals surface area (Å²) in [6.45, 7) is 7.20. The molecule has 0 radical (unpaired) electrons. The van der Waals surface area contributed by atoms with Crippen LogP contribution in [0.2, 0.25) is 0 Å². The number of hydrogen-bond acceptors (Lipinski definition) is 6. The minimum absolute atomic E-state index is 0.159. The van der Waals surface area contributed by atoms with Gasteiger partial charge in [-0.1, -0.05) is 19.1 Å². The van der Waals surface area contributed by atoms with Crippen molar-refractivity contribution in [1.29, 1.82) is 0 Å². The molecule has 2 amide bonds. The summed E-state index contributed by atoms with van der Waals surface area (Å²) >= 11 is 1.42. The highest BCUT2D eigenvalue weighted by molar-refractivity contribution is 7.17. The van der Waals surface area contributed by atoms with Crippen LogP contribution in [0.3, 0.4) is 0 Å². The van der Waals surface area contributed by atoms with Crippen LogP contribution in [0.1, 0.15) is 51.6 Å². The number of carbonyl (C=O) groups excluding carboxylic acids is 2. The van der Waals surface area contributed by atoms with Crippen molar-refractivity contribution in [3.8, 4) is 5.75 Å². The molecule has 4 rings (SSSR count). The minimum atomic E-state index is -0.519. The molecular weight excluding hydrogens is 402 g/mol. The average molecular weight is 428 g/mol. The van der Waals surface area contributed by atoms with Crippen LogP contribution in [-0.4, -0.2) is 36.4 Å². The SMILES string of the molecule is CCCN1CCc2c(sc(NC(=O)c3cc4cccc(OCC)c4o3)c2C(N)=O)C1. The fourth-order valence-electron chi connectivity index (χ4n) is 3.89. The van der Waals surface area contributed by atoms with E-state index in [1.165, 1.54) is 11.3 Å². The standard InChI is InChI=1S/C22H25N3O4S/c1-3-9-25-10-8-14-17(12-25)30-22(18(14)20(23)26)24-21(27)16-11-13-6-5-7-15(28-4-2)19(13)29-16/h5-7,11H,3-4,8-10,12H2,1-2H3,(H2,23,26)(H,24,27). The van der Waals surface area contributed by atoms with Gasteiger partial charge < -0.3 is 20.2 Å². The third-order valence-corrected chi connectivity index (χ3v) is 6.31. The number of anilines is 1. The number of nitrogens with zero attached hydrogens (tertiary/aromatic N) is 1. The van der Waals surface area contributed by atoms with Gasteiger partial charge in [-0.25, -0.2) is 0 Å². The number of hydrogen-bond donors (Lipinski definition) is 2. The first-order valence-corrected chi connectivity index (χ1v) is 11.0. The maximum atomic E-state index is 12.9. The van der Waals surface area contributed by atoms with Gasteiger partial charge >= 0.3 is 0 Å². The highest BCUT2D eigenvalue weighted by Crippen LogP contribution is 2.37. The molecule has 1 aliphatic rings. The second-order valence-corrected chi connectivity index (χ2v) is 8.38. The van der Waals surface area contributed by atoms with Crippen LogP contribution >= 0.6 is 11.3 Å². The van der Waals surface area contributed by atoms with Crippen molar-refractivity contribution in [3.63, 3.8) is 0 Å². The number of thiophene rings is 1. The maximum Gasteiger partial charge on any atom is 0.292 e. The van der Waals surface area contributed by atoms with Crippen LogP contribution in [0.5, 0.6) is 5.75 Å². The largest absolute Gasteiger partial charge is 0.490 e. The molecule has 3 aromatic rings. The van der Waals surface area contributed by atoms with E-state index in [0.29, 0.717) is 28.5 Å². The third kappa shape index (κ3) is 3.80. The minimum Gasteiger partial charge on any atom is -0.490 e. The molecular formula is C22H25N3O4S. The molecule has 1 aromatic carbocycles. The Hall–Kier alpha value is -2.84. The fraction of sp³-hybridized carbons (Fsp3) is 0.364. The maximum absolute atomic E-state index is 12.9. The number of amides is 2. The average Bonchev–Trinajstić information content (AvgIpc) is 3.30. The quantitative estimate of drug-likeness (QED) is 0.594. The van der Waals surface area contributed by atoms with E-state index in [-0.39, 0.29) is 5.76 Å². The highest BCUT2D eigenvalue weighted by Gasteiger charge is 2.28. The molecule has 0 fully saturated rings.